The number of nitrogens with one attached hydrogen (secondary N) is 2. The Labute approximate surface area is 133 Å². The summed E-state index contributed by atoms with van der Waals surface area (Å²) in [7, 11) is 2.06. The smallest absolute Gasteiger partial charge is 0.279 e. The summed E-state index contributed by atoms with van der Waals surface area (Å²) < 4.78 is 0. The Morgan fingerprint density at radius 1 is 1.09 bits per heavy atom. The first-order valence-corrected chi connectivity index (χ1v) is 7.72. The van der Waals surface area contributed by atoms with E-state index in [2.05, 4.69) is 44.4 Å². The molecule has 0 aliphatic rings. The van der Waals surface area contributed by atoms with E-state index in [4.69, 9.17) is 0 Å². The second-order valence-electron chi connectivity index (χ2n) is 5.95. The Balaban J connectivity index is 1.98. The minimum absolute atomic E-state index is 0.0500. The molecule has 0 saturated heterocycles. The summed E-state index contributed by atoms with van der Waals surface area (Å²) in [5.74, 6) is 0.0500. The van der Waals surface area contributed by atoms with Crippen molar-refractivity contribution in [3.8, 4) is 0 Å². The zero-order valence-corrected chi connectivity index (χ0v) is 13.8. The van der Waals surface area contributed by atoms with Crippen LogP contribution < -0.4 is 10.2 Å². The molecule has 0 spiro atoms. The van der Waals surface area contributed by atoms with Gasteiger partial charge in [-0.1, -0.05) is 42.5 Å². The van der Waals surface area contributed by atoms with Gasteiger partial charge in [-0.05, 0) is 38.0 Å². The predicted molar refractivity (Wildman–Crippen MR) is 91.2 cm³/mol. The molecule has 0 bridgehead atoms. The van der Waals surface area contributed by atoms with Crippen molar-refractivity contribution in [2.24, 2.45) is 0 Å². The predicted octanol–water partition coefficient (Wildman–Crippen LogP) is 2.52. The molecule has 2 N–H and O–H groups in total. The second-order valence-corrected chi connectivity index (χ2v) is 5.95. The second kappa shape index (κ2) is 7.23. The van der Waals surface area contributed by atoms with Crippen LogP contribution in [0.15, 0.2) is 48.5 Å². The Bertz CT molecular complexity index is 637. The van der Waals surface area contributed by atoms with E-state index in [1.165, 1.54) is 16.0 Å². The number of carbonyl (C=O) groups excluding carboxylic acids is 1. The van der Waals surface area contributed by atoms with E-state index >= 15 is 0 Å². The molecular formula is C19H25N2O+. The van der Waals surface area contributed by atoms with Crippen LogP contribution in [0.1, 0.15) is 29.7 Å². The van der Waals surface area contributed by atoms with Gasteiger partial charge in [0.05, 0.1) is 7.05 Å². The van der Waals surface area contributed by atoms with Crippen LogP contribution in [0.25, 0.3) is 0 Å². The van der Waals surface area contributed by atoms with Gasteiger partial charge < -0.3 is 10.2 Å². The van der Waals surface area contributed by atoms with Gasteiger partial charge in [-0.15, -0.1) is 0 Å². The van der Waals surface area contributed by atoms with Crippen molar-refractivity contribution >= 4 is 11.6 Å². The molecule has 0 fully saturated rings. The number of hydrogen-bond acceptors (Lipinski definition) is 1. The minimum Gasteiger partial charge on any atom is -0.324 e. The van der Waals surface area contributed by atoms with Crippen LogP contribution in [0, 0.1) is 13.8 Å². The Hall–Kier alpha value is -2.13. The molecule has 1 amide bonds. The molecule has 116 valence electrons. The van der Waals surface area contributed by atoms with Gasteiger partial charge in [-0.25, -0.2) is 0 Å². The minimum atomic E-state index is 0.0500. The van der Waals surface area contributed by atoms with Crippen LogP contribution in [0.2, 0.25) is 0 Å². The van der Waals surface area contributed by atoms with E-state index in [-0.39, 0.29) is 11.9 Å². The molecule has 0 aliphatic heterocycles. The van der Waals surface area contributed by atoms with Crippen molar-refractivity contribution in [3.63, 3.8) is 0 Å². The number of hydrogen-bond donors (Lipinski definition) is 2. The molecule has 0 saturated carbocycles. The van der Waals surface area contributed by atoms with Gasteiger partial charge in [0, 0.05) is 11.3 Å². The SMILES string of the molecule is Cc1cccc(NC(=O)C[NH+](C)[C@@H](C)c2ccccc2)c1C. The lowest BCUT2D eigenvalue weighted by Gasteiger charge is -2.22. The maximum atomic E-state index is 12.3. The Morgan fingerprint density at radius 3 is 2.45 bits per heavy atom. The van der Waals surface area contributed by atoms with Gasteiger partial charge in [0.1, 0.15) is 6.04 Å². The van der Waals surface area contributed by atoms with Crippen molar-refractivity contribution in [1.29, 1.82) is 0 Å². The standard InChI is InChI=1S/C19H24N2O/c1-14-9-8-12-18(15(14)2)20-19(22)13-21(4)16(3)17-10-6-5-7-11-17/h5-12,16H,13H2,1-4H3,(H,20,22)/p+1/t16-/m0/s1. The molecule has 1 unspecified atom stereocenters. The van der Waals surface area contributed by atoms with Gasteiger partial charge in [0.25, 0.3) is 5.91 Å². The summed E-state index contributed by atoms with van der Waals surface area (Å²) in [4.78, 5) is 13.5. The monoisotopic (exact) mass is 297 g/mol. The van der Waals surface area contributed by atoms with E-state index in [0.29, 0.717) is 6.54 Å². The summed E-state index contributed by atoms with van der Waals surface area (Å²) >= 11 is 0. The average Bonchev–Trinajstić information content (AvgIpc) is 2.52. The van der Waals surface area contributed by atoms with Crippen molar-refractivity contribution in [1.82, 2.24) is 0 Å². The molecule has 2 rings (SSSR count). The molecule has 3 nitrogen and oxygen atoms in total. The topological polar surface area (TPSA) is 33.5 Å². The summed E-state index contributed by atoms with van der Waals surface area (Å²) in [6.45, 7) is 6.69. The molecule has 0 aliphatic carbocycles. The molecule has 0 aromatic heterocycles. The zero-order chi connectivity index (χ0) is 16.1. The molecular weight excluding hydrogens is 272 g/mol. The average molecular weight is 297 g/mol. The largest absolute Gasteiger partial charge is 0.324 e. The molecule has 2 atom stereocenters. The molecule has 2 aromatic carbocycles. The van der Waals surface area contributed by atoms with Crippen LogP contribution in [-0.2, 0) is 4.79 Å². The highest BCUT2D eigenvalue weighted by Gasteiger charge is 2.18. The number of aryl methyl sites for hydroxylation is 1. The third-order valence-electron chi connectivity index (χ3n) is 4.36. The summed E-state index contributed by atoms with van der Waals surface area (Å²) in [5.41, 5.74) is 4.48. The van der Waals surface area contributed by atoms with Gasteiger partial charge in [0.15, 0.2) is 6.54 Å². The van der Waals surface area contributed by atoms with Crippen LogP contribution in [0.4, 0.5) is 5.69 Å². The normalized spacial score (nSPS) is 13.5. The lowest BCUT2D eigenvalue weighted by atomic mass is 10.1. The highest BCUT2D eigenvalue weighted by Crippen LogP contribution is 2.17. The van der Waals surface area contributed by atoms with Gasteiger partial charge in [-0.2, -0.15) is 0 Å². The molecule has 0 heterocycles. The number of benzene rings is 2. The Morgan fingerprint density at radius 2 is 1.77 bits per heavy atom. The zero-order valence-electron chi connectivity index (χ0n) is 13.8. The molecule has 2 aromatic rings. The number of carbonyl (C=O) groups is 1. The van der Waals surface area contributed by atoms with Crippen LogP contribution >= 0.6 is 0 Å². The number of likely N-dealkylation sites (N-methyl/N-ethyl adjacent to an activating group) is 1. The fraction of sp³-hybridized carbons (Fsp3) is 0.316. The van der Waals surface area contributed by atoms with Gasteiger partial charge in [0.2, 0.25) is 0 Å². The fourth-order valence-corrected chi connectivity index (χ4v) is 2.51. The van der Waals surface area contributed by atoms with Crippen LogP contribution in [-0.4, -0.2) is 19.5 Å². The molecule has 22 heavy (non-hydrogen) atoms. The number of amides is 1. The fourth-order valence-electron chi connectivity index (χ4n) is 2.51. The quantitative estimate of drug-likeness (QED) is 0.873. The van der Waals surface area contributed by atoms with E-state index in [1.807, 2.05) is 37.3 Å². The first-order chi connectivity index (χ1) is 10.5. The lowest BCUT2D eigenvalue weighted by Crippen LogP contribution is -3.10. The van der Waals surface area contributed by atoms with Crippen molar-refractivity contribution in [3.05, 3.63) is 65.2 Å². The van der Waals surface area contributed by atoms with E-state index < -0.39 is 0 Å². The van der Waals surface area contributed by atoms with Gasteiger partial charge >= 0.3 is 0 Å². The van der Waals surface area contributed by atoms with Crippen LogP contribution in [0.5, 0.6) is 0 Å². The summed E-state index contributed by atoms with van der Waals surface area (Å²) in [6, 6.07) is 16.6. The van der Waals surface area contributed by atoms with E-state index in [1.54, 1.807) is 0 Å². The summed E-state index contributed by atoms with van der Waals surface area (Å²) in [6.07, 6.45) is 0. The van der Waals surface area contributed by atoms with E-state index in [0.717, 1.165) is 11.3 Å². The van der Waals surface area contributed by atoms with Crippen molar-refractivity contribution in [2.45, 2.75) is 26.8 Å². The van der Waals surface area contributed by atoms with E-state index in [9.17, 15) is 4.79 Å². The lowest BCUT2D eigenvalue weighted by molar-refractivity contribution is -0.902. The van der Waals surface area contributed by atoms with Crippen molar-refractivity contribution in [2.75, 3.05) is 18.9 Å². The number of rotatable bonds is 5. The maximum Gasteiger partial charge on any atom is 0.279 e. The summed E-state index contributed by atoms with van der Waals surface area (Å²) in [5, 5.41) is 3.03. The maximum absolute atomic E-state index is 12.3. The third-order valence-corrected chi connectivity index (χ3v) is 4.36. The number of quaternary nitrogens is 1. The van der Waals surface area contributed by atoms with Crippen LogP contribution in [0.3, 0.4) is 0 Å². The highest BCUT2D eigenvalue weighted by molar-refractivity contribution is 5.92. The van der Waals surface area contributed by atoms with Crippen molar-refractivity contribution < 1.29 is 9.69 Å². The molecule has 0 radical (unpaired) electrons. The first kappa shape index (κ1) is 16.2. The first-order valence-electron chi connectivity index (χ1n) is 7.72. The number of anilines is 1. The van der Waals surface area contributed by atoms with Gasteiger partial charge in [-0.3, -0.25) is 4.79 Å². The molecule has 3 heteroatoms. The third kappa shape index (κ3) is 3.95. The Kier molecular flexibility index (Phi) is 5.34. The highest BCUT2D eigenvalue weighted by atomic mass is 16.2.